The molecule has 1 aliphatic rings. The maximum atomic E-state index is 13.9. The number of likely N-dealkylation sites (N-methyl/N-ethyl adjacent to an activating group) is 1. The Hall–Kier alpha value is -3.16. The number of phenolic OH excluding ortho intramolecular Hbond substituents is 1. The van der Waals surface area contributed by atoms with E-state index in [1.54, 1.807) is 0 Å². The quantitative estimate of drug-likeness (QED) is 0.338. The SMILES string of the molecule is CCc1cc2c(=O)c(-c3[nH]c4ccccc4[n+]3C)c(C)oc2c(C[NH+]2CC[NH+](C)CC2)c1O. The van der Waals surface area contributed by atoms with Crippen LogP contribution in [0.25, 0.3) is 33.4 Å². The molecule has 7 heteroatoms. The van der Waals surface area contributed by atoms with Crippen LogP contribution in [0, 0.1) is 6.92 Å². The Kier molecular flexibility index (Phi) is 5.46. The van der Waals surface area contributed by atoms with Gasteiger partial charge in [-0.15, -0.1) is 0 Å². The first-order chi connectivity index (χ1) is 15.9. The molecule has 1 aliphatic heterocycles. The Morgan fingerprint density at radius 3 is 2.61 bits per heavy atom. The zero-order valence-corrected chi connectivity index (χ0v) is 19.8. The van der Waals surface area contributed by atoms with Crippen molar-refractivity contribution >= 4 is 22.0 Å². The third kappa shape index (κ3) is 3.61. The van der Waals surface area contributed by atoms with Crippen LogP contribution in [0.3, 0.4) is 0 Å². The lowest BCUT2D eigenvalue weighted by Gasteiger charge is -2.27. The van der Waals surface area contributed by atoms with Crippen molar-refractivity contribution < 1.29 is 23.9 Å². The molecule has 7 nitrogen and oxygen atoms in total. The van der Waals surface area contributed by atoms with Gasteiger partial charge in [0.25, 0.3) is 5.82 Å². The number of phenols is 1. The van der Waals surface area contributed by atoms with E-state index in [1.807, 2.05) is 55.8 Å². The van der Waals surface area contributed by atoms with Crippen LogP contribution in [0.1, 0.15) is 23.8 Å². The fraction of sp³-hybridized carbons (Fsp3) is 0.385. The molecule has 3 heterocycles. The molecule has 0 saturated carbocycles. The number of nitrogens with zero attached hydrogens (tertiary/aromatic N) is 1. The van der Waals surface area contributed by atoms with Crippen LogP contribution in [-0.2, 0) is 20.0 Å². The number of piperazine rings is 1. The van der Waals surface area contributed by atoms with Crippen LogP contribution in [0.4, 0.5) is 0 Å². The maximum Gasteiger partial charge on any atom is 0.294 e. The van der Waals surface area contributed by atoms with Gasteiger partial charge in [-0.1, -0.05) is 19.1 Å². The molecule has 1 fully saturated rings. The van der Waals surface area contributed by atoms with Crippen molar-refractivity contribution in [3.63, 3.8) is 0 Å². The predicted molar refractivity (Wildman–Crippen MR) is 128 cm³/mol. The number of H-pyrrole nitrogens is 1. The lowest BCUT2D eigenvalue weighted by Crippen LogP contribution is -3.26. The molecule has 0 bridgehead atoms. The Balaban J connectivity index is 1.71. The van der Waals surface area contributed by atoms with Gasteiger partial charge in [-0.3, -0.25) is 4.79 Å². The van der Waals surface area contributed by atoms with Crippen LogP contribution in [-0.4, -0.2) is 43.3 Å². The largest absolute Gasteiger partial charge is 0.507 e. The summed E-state index contributed by atoms with van der Waals surface area (Å²) in [5, 5.41) is 11.6. The van der Waals surface area contributed by atoms with E-state index in [0.29, 0.717) is 35.3 Å². The number of hydrogen-bond donors (Lipinski definition) is 4. The van der Waals surface area contributed by atoms with E-state index in [9.17, 15) is 9.90 Å². The minimum absolute atomic E-state index is 0.0651. The number of aromatic amines is 1. The number of aromatic nitrogens is 2. The van der Waals surface area contributed by atoms with E-state index in [2.05, 4.69) is 12.0 Å². The van der Waals surface area contributed by atoms with E-state index in [0.717, 1.165) is 54.2 Å². The van der Waals surface area contributed by atoms with Gasteiger partial charge in [0.2, 0.25) is 5.43 Å². The molecule has 0 atom stereocenters. The van der Waals surface area contributed by atoms with E-state index < -0.39 is 0 Å². The number of quaternary nitrogens is 2. The summed E-state index contributed by atoms with van der Waals surface area (Å²) in [5.74, 6) is 1.55. The number of rotatable bonds is 4. The molecule has 4 aromatic rings. The first-order valence-corrected chi connectivity index (χ1v) is 11.8. The lowest BCUT2D eigenvalue weighted by molar-refractivity contribution is -1.01. The summed E-state index contributed by atoms with van der Waals surface area (Å²) >= 11 is 0. The lowest BCUT2D eigenvalue weighted by atomic mass is 9.99. The van der Waals surface area contributed by atoms with Crippen molar-refractivity contribution in [3.8, 4) is 17.1 Å². The third-order valence-electron chi connectivity index (χ3n) is 7.22. The number of nitrogens with one attached hydrogen (secondary N) is 3. The molecule has 1 saturated heterocycles. The number of fused-ring (bicyclic) bond motifs is 2. The van der Waals surface area contributed by atoms with Gasteiger partial charge < -0.3 is 19.3 Å². The maximum absolute atomic E-state index is 13.9. The standard InChI is InChI=1S/C26H30N4O3/c1-5-17-14-18-24(32)22(26-27-20-8-6-7-9-21(20)29(26)4)16(2)33-25(18)19(23(17)31)15-30-12-10-28(3)11-13-30/h6-9,14H,5,10-13,15H2,1-4H3,(H,31,32)/p+3. The topological polar surface area (TPSA) is 79.0 Å². The smallest absolute Gasteiger partial charge is 0.294 e. The number of imidazole rings is 1. The molecular weight excluding hydrogens is 416 g/mol. The Morgan fingerprint density at radius 2 is 1.91 bits per heavy atom. The number of aryl methyl sites for hydroxylation is 3. The Labute approximate surface area is 192 Å². The summed E-state index contributed by atoms with van der Waals surface area (Å²) < 4.78 is 8.34. The molecule has 33 heavy (non-hydrogen) atoms. The summed E-state index contributed by atoms with van der Waals surface area (Å²) in [4.78, 5) is 20.2. The van der Waals surface area contributed by atoms with Crippen molar-refractivity contribution in [3.05, 3.63) is 57.4 Å². The molecule has 2 aromatic carbocycles. The number of aromatic hydroxyl groups is 1. The number of benzene rings is 2. The monoisotopic (exact) mass is 449 g/mol. The van der Waals surface area contributed by atoms with Crippen LogP contribution in [0.2, 0.25) is 0 Å². The number of hydrogen-bond acceptors (Lipinski definition) is 3. The molecule has 0 radical (unpaired) electrons. The average molecular weight is 450 g/mol. The molecular formula is C26H33N4O3+3. The van der Waals surface area contributed by atoms with Crippen molar-refractivity contribution in [1.82, 2.24) is 4.98 Å². The van der Waals surface area contributed by atoms with Crippen molar-refractivity contribution in [2.45, 2.75) is 26.8 Å². The second kappa shape index (κ2) is 8.32. The number of para-hydroxylation sites is 2. The highest BCUT2D eigenvalue weighted by Crippen LogP contribution is 2.32. The summed E-state index contributed by atoms with van der Waals surface area (Å²) in [7, 11) is 4.17. The first kappa shape index (κ1) is 21.7. The van der Waals surface area contributed by atoms with Gasteiger partial charge in [0.1, 0.15) is 49.8 Å². The summed E-state index contributed by atoms with van der Waals surface area (Å²) in [6.45, 7) is 8.78. The van der Waals surface area contributed by atoms with Gasteiger partial charge in [-0.25, -0.2) is 9.55 Å². The molecule has 0 amide bonds. The first-order valence-electron chi connectivity index (χ1n) is 11.8. The fourth-order valence-electron chi connectivity index (χ4n) is 5.15. The highest BCUT2D eigenvalue weighted by atomic mass is 16.3. The molecule has 2 aromatic heterocycles. The molecule has 0 aliphatic carbocycles. The summed E-state index contributed by atoms with van der Waals surface area (Å²) in [6, 6.07) is 9.81. The van der Waals surface area contributed by atoms with Crippen molar-refractivity contribution in [2.24, 2.45) is 7.05 Å². The second-order valence-corrected chi connectivity index (χ2v) is 9.39. The Bertz CT molecular complexity index is 1410. The van der Waals surface area contributed by atoms with Gasteiger partial charge in [0.15, 0.2) is 16.6 Å². The second-order valence-electron chi connectivity index (χ2n) is 9.39. The Morgan fingerprint density at radius 1 is 1.18 bits per heavy atom. The van der Waals surface area contributed by atoms with E-state index in [-0.39, 0.29) is 11.2 Å². The fourth-order valence-corrected chi connectivity index (χ4v) is 5.15. The highest BCUT2D eigenvalue weighted by molar-refractivity contribution is 5.87. The minimum Gasteiger partial charge on any atom is -0.507 e. The molecule has 5 rings (SSSR count). The van der Waals surface area contributed by atoms with Gasteiger partial charge >= 0.3 is 0 Å². The minimum atomic E-state index is -0.0651. The highest BCUT2D eigenvalue weighted by Gasteiger charge is 2.29. The summed E-state index contributed by atoms with van der Waals surface area (Å²) in [5.41, 5.74) is 4.53. The van der Waals surface area contributed by atoms with E-state index in [4.69, 9.17) is 4.42 Å². The van der Waals surface area contributed by atoms with Crippen LogP contribution < -0.4 is 19.8 Å². The predicted octanol–water partition coefficient (Wildman–Crippen LogP) is 0.255. The summed E-state index contributed by atoms with van der Waals surface area (Å²) in [6.07, 6.45) is 0.653. The zero-order valence-electron chi connectivity index (χ0n) is 19.8. The van der Waals surface area contributed by atoms with Crippen LogP contribution >= 0.6 is 0 Å². The van der Waals surface area contributed by atoms with Crippen molar-refractivity contribution in [1.29, 1.82) is 0 Å². The van der Waals surface area contributed by atoms with Crippen LogP contribution in [0.5, 0.6) is 5.75 Å². The zero-order chi connectivity index (χ0) is 23.3. The van der Waals surface area contributed by atoms with E-state index in [1.165, 1.54) is 9.80 Å². The van der Waals surface area contributed by atoms with Gasteiger partial charge in [0, 0.05) is 0 Å². The molecule has 0 unspecified atom stereocenters. The van der Waals surface area contributed by atoms with Gasteiger partial charge in [-0.2, -0.15) is 0 Å². The van der Waals surface area contributed by atoms with E-state index >= 15 is 0 Å². The normalized spacial score (nSPS) is 18.9. The molecule has 0 spiro atoms. The van der Waals surface area contributed by atoms with Crippen LogP contribution in [0.15, 0.2) is 39.5 Å². The molecule has 4 N–H and O–H groups in total. The third-order valence-corrected chi connectivity index (χ3v) is 7.22. The van der Waals surface area contributed by atoms with Gasteiger partial charge in [-0.05, 0) is 37.1 Å². The van der Waals surface area contributed by atoms with Gasteiger partial charge in [0.05, 0.1) is 25.0 Å². The molecule has 172 valence electrons. The average Bonchev–Trinajstić information content (AvgIpc) is 3.13. The van der Waals surface area contributed by atoms with Crippen molar-refractivity contribution in [2.75, 3.05) is 33.2 Å².